The lowest BCUT2D eigenvalue weighted by molar-refractivity contribution is 0.0697. The predicted octanol–water partition coefficient (Wildman–Crippen LogP) is 2.09. The van der Waals surface area contributed by atoms with E-state index in [1.165, 1.54) is 23.7 Å². The average molecular weight is 193 g/mol. The number of carboxylic acid groups (broad SMARTS) is 1. The molecule has 0 amide bonds. The molecule has 13 heavy (non-hydrogen) atoms. The van der Waals surface area contributed by atoms with Gasteiger partial charge in [-0.3, -0.25) is 4.99 Å². The molecule has 0 unspecified atom stereocenters. The van der Waals surface area contributed by atoms with Crippen LogP contribution >= 0.6 is 12.2 Å². The van der Waals surface area contributed by atoms with E-state index >= 15 is 0 Å². The van der Waals surface area contributed by atoms with E-state index in [4.69, 9.17) is 5.11 Å². The highest BCUT2D eigenvalue weighted by Gasteiger charge is 1.99. The summed E-state index contributed by atoms with van der Waals surface area (Å²) in [6.45, 7) is 0. The van der Waals surface area contributed by atoms with Gasteiger partial charge in [0.1, 0.15) is 0 Å². The van der Waals surface area contributed by atoms with E-state index in [1.807, 2.05) is 0 Å². The third-order valence-corrected chi connectivity index (χ3v) is 1.52. The van der Waals surface area contributed by atoms with Crippen molar-refractivity contribution in [3.8, 4) is 0 Å². The highest BCUT2D eigenvalue weighted by molar-refractivity contribution is 7.80. The zero-order valence-corrected chi connectivity index (χ0v) is 7.49. The van der Waals surface area contributed by atoms with Crippen molar-refractivity contribution in [2.75, 3.05) is 0 Å². The molecular formula is C9H7NO2S. The molecule has 0 bridgehead atoms. The molecule has 0 radical (unpaired) electrons. The van der Waals surface area contributed by atoms with Crippen molar-refractivity contribution >= 4 is 35.5 Å². The zero-order valence-electron chi connectivity index (χ0n) is 6.68. The van der Waals surface area contributed by atoms with Crippen LogP contribution in [0.4, 0.5) is 5.69 Å². The van der Waals surface area contributed by atoms with Crippen molar-refractivity contribution in [3.63, 3.8) is 0 Å². The van der Waals surface area contributed by atoms with Crippen molar-refractivity contribution in [1.29, 1.82) is 0 Å². The molecule has 1 rings (SSSR count). The summed E-state index contributed by atoms with van der Waals surface area (Å²) in [6, 6.07) is 6.24. The van der Waals surface area contributed by atoms with Gasteiger partial charge in [0.2, 0.25) is 0 Å². The molecule has 0 spiro atoms. The lowest BCUT2D eigenvalue weighted by atomic mass is 10.2. The summed E-state index contributed by atoms with van der Waals surface area (Å²) in [5, 5.41) is 9.98. The lowest BCUT2D eigenvalue weighted by Crippen LogP contribution is -1.94. The summed E-state index contributed by atoms with van der Waals surface area (Å²) in [5.41, 5.74) is 0.937. The largest absolute Gasteiger partial charge is 0.478 e. The quantitative estimate of drug-likeness (QED) is 0.590. The first-order chi connectivity index (χ1) is 6.24. The SMILES string of the molecule is O=C(O)c1ccc(N=CC=S)cc1. The second kappa shape index (κ2) is 4.47. The smallest absolute Gasteiger partial charge is 0.335 e. The van der Waals surface area contributed by atoms with Crippen LogP contribution in [0.3, 0.4) is 0 Å². The molecule has 66 valence electrons. The van der Waals surface area contributed by atoms with E-state index < -0.39 is 5.97 Å². The molecular weight excluding hydrogens is 186 g/mol. The van der Waals surface area contributed by atoms with Gasteiger partial charge in [0.15, 0.2) is 0 Å². The number of aliphatic imine (C=N–C) groups is 1. The summed E-state index contributed by atoms with van der Waals surface area (Å²) < 4.78 is 0. The molecule has 4 heteroatoms. The molecule has 0 aliphatic rings. The van der Waals surface area contributed by atoms with E-state index in [2.05, 4.69) is 17.2 Å². The number of aromatic carboxylic acids is 1. The average Bonchev–Trinajstić information content (AvgIpc) is 2.15. The van der Waals surface area contributed by atoms with Gasteiger partial charge in [0.25, 0.3) is 0 Å². The van der Waals surface area contributed by atoms with Gasteiger partial charge in [-0.05, 0) is 24.3 Å². The zero-order chi connectivity index (χ0) is 9.68. The maximum atomic E-state index is 10.5. The molecule has 1 aromatic rings. The number of benzene rings is 1. The first-order valence-corrected chi connectivity index (χ1v) is 4.02. The minimum absolute atomic E-state index is 0.251. The minimum atomic E-state index is -0.939. The van der Waals surface area contributed by atoms with Crippen LogP contribution in [-0.4, -0.2) is 22.7 Å². The molecule has 0 saturated heterocycles. The number of carbonyl (C=O) groups is 1. The van der Waals surface area contributed by atoms with Crippen LogP contribution in [0.25, 0.3) is 0 Å². The van der Waals surface area contributed by atoms with E-state index in [1.54, 1.807) is 12.1 Å². The maximum absolute atomic E-state index is 10.5. The molecule has 1 aromatic carbocycles. The Balaban J connectivity index is 2.87. The fraction of sp³-hybridized carbons (Fsp3) is 0. The summed E-state index contributed by atoms with van der Waals surface area (Å²) in [6.07, 6.45) is 1.48. The van der Waals surface area contributed by atoms with Crippen LogP contribution < -0.4 is 0 Å². The van der Waals surface area contributed by atoms with E-state index in [9.17, 15) is 4.79 Å². The van der Waals surface area contributed by atoms with Gasteiger partial charge in [-0.2, -0.15) is 0 Å². The second-order valence-electron chi connectivity index (χ2n) is 2.27. The van der Waals surface area contributed by atoms with Gasteiger partial charge < -0.3 is 5.11 Å². The van der Waals surface area contributed by atoms with Gasteiger partial charge in [0, 0.05) is 11.6 Å². The standard InChI is InChI=1S/C9H7NO2S/c11-9(12)7-1-3-8(4-2-7)10-5-6-13/h1-6H,(H,11,12). The number of hydrogen-bond donors (Lipinski definition) is 1. The van der Waals surface area contributed by atoms with E-state index in [0.29, 0.717) is 5.69 Å². The first-order valence-electron chi connectivity index (χ1n) is 3.55. The molecule has 1 N–H and O–H groups in total. The van der Waals surface area contributed by atoms with Crippen molar-refractivity contribution in [3.05, 3.63) is 29.8 Å². The van der Waals surface area contributed by atoms with Gasteiger partial charge in [-0.25, -0.2) is 4.79 Å². The van der Waals surface area contributed by atoms with Crippen molar-refractivity contribution in [2.45, 2.75) is 0 Å². The first kappa shape index (κ1) is 9.54. The second-order valence-corrected chi connectivity index (χ2v) is 2.54. The van der Waals surface area contributed by atoms with Crippen molar-refractivity contribution < 1.29 is 9.90 Å². The summed E-state index contributed by atoms with van der Waals surface area (Å²) in [5.74, 6) is -0.939. The number of carboxylic acids is 1. The van der Waals surface area contributed by atoms with Gasteiger partial charge >= 0.3 is 5.97 Å². The summed E-state index contributed by atoms with van der Waals surface area (Å²) >= 11 is 4.55. The topological polar surface area (TPSA) is 49.7 Å². The molecule has 0 heterocycles. The fourth-order valence-electron chi connectivity index (χ4n) is 0.807. The fourth-order valence-corrected chi connectivity index (χ4v) is 0.867. The highest BCUT2D eigenvalue weighted by Crippen LogP contribution is 2.11. The Morgan fingerprint density at radius 3 is 2.46 bits per heavy atom. The molecule has 0 aromatic heterocycles. The van der Waals surface area contributed by atoms with E-state index in [0.717, 1.165) is 0 Å². The van der Waals surface area contributed by atoms with Crippen molar-refractivity contribution in [2.24, 2.45) is 4.99 Å². The molecule has 0 atom stereocenters. The Morgan fingerprint density at radius 1 is 1.38 bits per heavy atom. The normalized spacial score (nSPS) is 10.2. The van der Waals surface area contributed by atoms with Crippen LogP contribution in [0.2, 0.25) is 0 Å². The van der Waals surface area contributed by atoms with E-state index in [-0.39, 0.29) is 5.56 Å². The Bertz CT molecular complexity index is 343. The number of rotatable bonds is 3. The molecule has 0 aliphatic heterocycles. The summed E-state index contributed by atoms with van der Waals surface area (Å²) in [4.78, 5) is 14.4. The van der Waals surface area contributed by atoms with Crippen LogP contribution in [-0.2, 0) is 0 Å². The molecule has 0 aliphatic carbocycles. The number of thiocarbonyl (C=S) groups is 1. The Kier molecular flexibility index (Phi) is 3.28. The number of hydrogen-bond acceptors (Lipinski definition) is 3. The predicted molar refractivity (Wildman–Crippen MR) is 55.2 cm³/mol. The lowest BCUT2D eigenvalue weighted by Gasteiger charge is -1.94. The molecule has 3 nitrogen and oxygen atoms in total. The van der Waals surface area contributed by atoms with Gasteiger partial charge in [0.05, 0.1) is 11.3 Å². The minimum Gasteiger partial charge on any atom is -0.478 e. The third-order valence-electron chi connectivity index (χ3n) is 1.40. The van der Waals surface area contributed by atoms with Crippen LogP contribution in [0.15, 0.2) is 29.3 Å². The Labute approximate surface area is 80.7 Å². The molecule has 0 saturated carbocycles. The summed E-state index contributed by atoms with van der Waals surface area (Å²) in [7, 11) is 0. The van der Waals surface area contributed by atoms with Crippen LogP contribution in [0.5, 0.6) is 0 Å². The third kappa shape index (κ3) is 2.76. The highest BCUT2D eigenvalue weighted by atomic mass is 32.1. The van der Waals surface area contributed by atoms with Crippen molar-refractivity contribution in [1.82, 2.24) is 0 Å². The Hall–Kier alpha value is -1.55. The van der Waals surface area contributed by atoms with Crippen LogP contribution in [0, 0.1) is 0 Å². The number of nitrogens with zero attached hydrogens (tertiary/aromatic N) is 1. The monoisotopic (exact) mass is 193 g/mol. The van der Waals surface area contributed by atoms with Gasteiger partial charge in [-0.1, -0.05) is 12.2 Å². The maximum Gasteiger partial charge on any atom is 0.335 e. The Morgan fingerprint density at radius 2 is 2.00 bits per heavy atom. The van der Waals surface area contributed by atoms with Crippen LogP contribution in [0.1, 0.15) is 10.4 Å². The van der Waals surface area contributed by atoms with Gasteiger partial charge in [-0.15, -0.1) is 0 Å². The molecule has 0 fully saturated rings.